The topological polar surface area (TPSA) is 83.1 Å². The minimum absolute atomic E-state index is 0.233. The number of phenolic OH excluding ortho intramolecular Hbond substituents is 1. The number of hydrogen-bond donors (Lipinski definition) is 3. The van der Waals surface area contributed by atoms with Gasteiger partial charge in [0.05, 0.1) is 17.3 Å². The van der Waals surface area contributed by atoms with E-state index < -0.39 is 0 Å². The minimum atomic E-state index is -0.275. The molecule has 124 valence electrons. The van der Waals surface area contributed by atoms with Crippen LogP contribution in [0.2, 0.25) is 0 Å². The van der Waals surface area contributed by atoms with Crippen LogP contribution in [0.4, 0.5) is 0 Å². The zero-order chi connectivity index (χ0) is 16.7. The monoisotopic (exact) mass is 324 g/mol. The van der Waals surface area contributed by atoms with Crippen molar-refractivity contribution < 1.29 is 9.84 Å². The van der Waals surface area contributed by atoms with E-state index in [1.807, 2.05) is 18.2 Å². The molecule has 24 heavy (non-hydrogen) atoms. The Labute approximate surface area is 139 Å². The molecule has 0 radical (unpaired) electrons. The van der Waals surface area contributed by atoms with Gasteiger partial charge in [0.2, 0.25) is 0 Å². The Hall–Kier alpha value is -2.60. The van der Waals surface area contributed by atoms with Crippen molar-refractivity contribution in [2.24, 2.45) is 5.92 Å². The van der Waals surface area contributed by atoms with Gasteiger partial charge in [-0.15, -0.1) is 0 Å². The number of phenols is 1. The molecular weight excluding hydrogens is 304 g/mol. The standard InChI is InChI=1S/C18H20N4O2/c1-18(2,12-8-19-9-12)24-16-7-15(11-3-5-13(23)6-4-11)21-17-14(16)10-20-22-17/h3-7,10,12,19,23H,8-9H2,1-2H3,(H,20,21,22). The normalized spacial score (nSPS) is 15.4. The van der Waals surface area contributed by atoms with Crippen LogP contribution >= 0.6 is 0 Å². The third-order valence-corrected chi connectivity index (χ3v) is 4.69. The Morgan fingerprint density at radius 1 is 1.21 bits per heavy atom. The highest BCUT2D eigenvalue weighted by Gasteiger charge is 2.36. The summed E-state index contributed by atoms with van der Waals surface area (Å²) in [5.74, 6) is 1.48. The van der Waals surface area contributed by atoms with Crippen LogP contribution in [0, 0.1) is 5.92 Å². The summed E-state index contributed by atoms with van der Waals surface area (Å²) in [6, 6.07) is 8.92. The molecule has 0 amide bonds. The predicted octanol–water partition coefficient (Wildman–Crippen LogP) is 2.71. The molecule has 1 fully saturated rings. The average molecular weight is 324 g/mol. The fourth-order valence-electron chi connectivity index (χ4n) is 2.91. The number of ether oxygens (including phenoxy) is 1. The van der Waals surface area contributed by atoms with Crippen LogP contribution < -0.4 is 10.1 Å². The molecule has 1 aliphatic rings. The van der Waals surface area contributed by atoms with E-state index in [0.29, 0.717) is 11.6 Å². The van der Waals surface area contributed by atoms with Crippen molar-refractivity contribution in [1.29, 1.82) is 0 Å². The molecule has 4 rings (SSSR count). The van der Waals surface area contributed by atoms with Gasteiger partial charge in [0.1, 0.15) is 17.1 Å². The molecule has 0 spiro atoms. The van der Waals surface area contributed by atoms with Crippen molar-refractivity contribution in [1.82, 2.24) is 20.5 Å². The van der Waals surface area contributed by atoms with Crippen LogP contribution in [0.15, 0.2) is 36.5 Å². The molecule has 6 heteroatoms. The molecule has 1 saturated heterocycles. The van der Waals surface area contributed by atoms with Crippen LogP contribution in [-0.2, 0) is 0 Å². The van der Waals surface area contributed by atoms with E-state index in [4.69, 9.17) is 4.74 Å². The van der Waals surface area contributed by atoms with E-state index in [0.717, 1.165) is 35.5 Å². The number of H-pyrrole nitrogens is 1. The smallest absolute Gasteiger partial charge is 0.159 e. The predicted molar refractivity (Wildman–Crippen MR) is 92.1 cm³/mol. The van der Waals surface area contributed by atoms with Gasteiger partial charge in [-0.1, -0.05) is 0 Å². The second-order valence-electron chi connectivity index (χ2n) is 6.75. The average Bonchev–Trinajstić information content (AvgIpc) is 2.93. The highest BCUT2D eigenvalue weighted by Crippen LogP contribution is 2.34. The molecule has 3 aromatic rings. The number of rotatable bonds is 4. The lowest BCUT2D eigenvalue weighted by Gasteiger charge is -2.41. The van der Waals surface area contributed by atoms with E-state index >= 15 is 0 Å². The molecule has 0 atom stereocenters. The third-order valence-electron chi connectivity index (χ3n) is 4.69. The maximum Gasteiger partial charge on any atom is 0.159 e. The van der Waals surface area contributed by atoms with Gasteiger partial charge in [-0.3, -0.25) is 5.10 Å². The van der Waals surface area contributed by atoms with Gasteiger partial charge < -0.3 is 15.2 Å². The summed E-state index contributed by atoms with van der Waals surface area (Å²) in [6.07, 6.45) is 1.74. The number of nitrogens with one attached hydrogen (secondary N) is 2. The Morgan fingerprint density at radius 2 is 1.96 bits per heavy atom. The second-order valence-corrected chi connectivity index (χ2v) is 6.75. The van der Waals surface area contributed by atoms with Gasteiger partial charge >= 0.3 is 0 Å². The van der Waals surface area contributed by atoms with Crippen LogP contribution in [-0.4, -0.2) is 39.0 Å². The van der Waals surface area contributed by atoms with Gasteiger partial charge in [0, 0.05) is 30.6 Å². The van der Waals surface area contributed by atoms with Crippen LogP contribution in [0.25, 0.3) is 22.3 Å². The summed E-state index contributed by atoms with van der Waals surface area (Å²) in [7, 11) is 0. The Kier molecular flexibility index (Phi) is 3.42. The summed E-state index contributed by atoms with van der Waals surface area (Å²) in [5, 5.41) is 20.7. The summed E-state index contributed by atoms with van der Waals surface area (Å²) < 4.78 is 6.37. The van der Waals surface area contributed by atoms with Crippen LogP contribution in [0.3, 0.4) is 0 Å². The Bertz CT molecular complexity index is 866. The molecule has 1 aromatic carbocycles. The van der Waals surface area contributed by atoms with Gasteiger partial charge in [0.25, 0.3) is 0 Å². The maximum atomic E-state index is 9.48. The number of aromatic hydroxyl groups is 1. The SMILES string of the molecule is CC(C)(Oc1cc(-c2ccc(O)cc2)nc2[nH]ncc12)C1CNC1. The fourth-order valence-corrected chi connectivity index (χ4v) is 2.91. The Balaban J connectivity index is 1.76. The summed E-state index contributed by atoms with van der Waals surface area (Å²) in [6.45, 7) is 6.17. The fraction of sp³-hybridized carbons (Fsp3) is 0.333. The number of pyridine rings is 1. The number of fused-ring (bicyclic) bond motifs is 1. The molecule has 1 aliphatic heterocycles. The van der Waals surface area contributed by atoms with Gasteiger partial charge in [-0.05, 0) is 38.1 Å². The summed E-state index contributed by atoms with van der Waals surface area (Å²) >= 11 is 0. The number of benzene rings is 1. The first-order valence-electron chi connectivity index (χ1n) is 8.06. The van der Waals surface area contributed by atoms with Crippen LogP contribution in [0.5, 0.6) is 11.5 Å². The zero-order valence-electron chi connectivity index (χ0n) is 13.7. The molecule has 3 N–H and O–H groups in total. The zero-order valence-corrected chi connectivity index (χ0v) is 13.7. The van der Waals surface area contributed by atoms with Gasteiger partial charge in [-0.25, -0.2) is 4.98 Å². The molecule has 0 saturated carbocycles. The summed E-state index contributed by atoms with van der Waals surface area (Å²) in [4.78, 5) is 4.61. The van der Waals surface area contributed by atoms with Crippen molar-refractivity contribution in [2.75, 3.05) is 13.1 Å². The maximum absolute atomic E-state index is 9.48. The van der Waals surface area contributed by atoms with Gasteiger partial charge in [0.15, 0.2) is 5.65 Å². The number of aromatic amines is 1. The van der Waals surface area contributed by atoms with E-state index in [2.05, 4.69) is 34.3 Å². The highest BCUT2D eigenvalue weighted by molar-refractivity contribution is 5.84. The number of nitrogens with zero attached hydrogens (tertiary/aromatic N) is 2. The molecule has 6 nitrogen and oxygen atoms in total. The number of aromatic nitrogens is 3. The van der Waals surface area contributed by atoms with Crippen molar-refractivity contribution in [3.63, 3.8) is 0 Å². The lowest BCUT2D eigenvalue weighted by molar-refractivity contribution is 0.0194. The molecule has 0 bridgehead atoms. The first-order chi connectivity index (χ1) is 11.5. The van der Waals surface area contributed by atoms with E-state index in [1.165, 1.54) is 0 Å². The number of hydrogen-bond acceptors (Lipinski definition) is 5. The lowest BCUT2D eigenvalue weighted by Crippen LogP contribution is -2.55. The van der Waals surface area contributed by atoms with Crippen molar-refractivity contribution in [3.05, 3.63) is 36.5 Å². The first-order valence-corrected chi connectivity index (χ1v) is 8.06. The van der Waals surface area contributed by atoms with E-state index in [-0.39, 0.29) is 11.4 Å². The van der Waals surface area contributed by atoms with Gasteiger partial charge in [-0.2, -0.15) is 5.10 Å². The van der Waals surface area contributed by atoms with Crippen LogP contribution in [0.1, 0.15) is 13.8 Å². The van der Waals surface area contributed by atoms with Crippen molar-refractivity contribution in [3.8, 4) is 22.8 Å². The molecular formula is C18H20N4O2. The van der Waals surface area contributed by atoms with E-state index in [1.54, 1.807) is 18.3 Å². The molecule has 0 unspecified atom stereocenters. The molecule has 3 heterocycles. The van der Waals surface area contributed by atoms with Crippen molar-refractivity contribution >= 4 is 11.0 Å². The summed E-state index contributed by atoms with van der Waals surface area (Å²) in [5.41, 5.74) is 2.11. The second kappa shape index (κ2) is 5.49. The molecule has 2 aromatic heterocycles. The van der Waals surface area contributed by atoms with E-state index in [9.17, 15) is 5.11 Å². The quantitative estimate of drug-likeness (QED) is 0.687. The largest absolute Gasteiger partial charge is 0.508 e. The lowest BCUT2D eigenvalue weighted by atomic mass is 9.86. The van der Waals surface area contributed by atoms with Crippen molar-refractivity contribution in [2.45, 2.75) is 19.4 Å². The third kappa shape index (κ3) is 2.59. The highest BCUT2D eigenvalue weighted by atomic mass is 16.5. The minimum Gasteiger partial charge on any atom is -0.508 e. The Morgan fingerprint density at radius 3 is 2.62 bits per heavy atom. The first kappa shape index (κ1) is 15.0. The molecule has 0 aliphatic carbocycles.